The summed E-state index contributed by atoms with van der Waals surface area (Å²) in [5, 5.41) is 0. The van der Waals surface area contributed by atoms with Gasteiger partial charge in [-0.1, -0.05) is 0 Å². The number of fused-ring (bicyclic) bond motifs is 2. The van der Waals surface area contributed by atoms with Crippen molar-refractivity contribution in [3.05, 3.63) is 23.7 Å². The maximum atomic E-state index is 4.96. The monoisotopic (exact) mass is 92.0 g/mol. The van der Waals surface area contributed by atoms with Gasteiger partial charge in [-0.05, 0) is 18.2 Å². The van der Waals surface area contributed by atoms with Crippen LogP contribution in [-0.4, -0.2) is 0 Å². The Morgan fingerprint density at radius 2 is 2.29 bits per heavy atom. The lowest BCUT2D eigenvalue weighted by Crippen LogP contribution is -1.54. The Kier molecular flexibility index (Phi) is 0.355. The van der Waals surface area contributed by atoms with Crippen LogP contribution in [0.2, 0.25) is 0 Å². The van der Waals surface area contributed by atoms with Crippen LogP contribution >= 0.6 is 0 Å². The number of hydrogen-bond donors (Lipinski definition) is 0. The Bertz CT molecular complexity index is 187. The third kappa shape index (κ3) is 0.270. The second kappa shape index (κ2) is 0.808. The van der Waals surface area contributed by atoms with Crippen LogP contribution in [0.5, 0.6) is 0 Å². The molecule has 0 amide bonds. The van der Waals surface area contributed by atoms with Crippen LogP contribution in [0, 0.1) is 0 Å². The van der Waals surface area contributed by atoms with Crippen molar-refractivity contribution < 1.29 is 4.42 Å². The molecule has 0 spiro atoms. The van der Waals surface area contributed by atoms with Gasteiger partial charge >= 0.3 is 0 Å². The fourth-order valence-corrected chi connectivity index (χ4v) is 0.722. The van der Waals surface area contributed by atoms with Crippen molar-refractivity contribution in [2.75, 3.05) is 0 Å². The lowest BCUT2D eigenvalue weighted by atomic mass is 10.4. The normalized spacial score (nSPS) is 13.1. The molecule has 2 rings (SSSR count). The average molecular weight is 92.1 g/mol. The van der Waals surface area contributed by atoms with Crippen LogP contribution < -0.4 is 0 Å². The maximum Gasteiger partial charge on any atom is 0.127 e. The third-order valence-electron chi connectivity index (χ3n) is 1.08. The fourth-order valence-electron chi connectivity index (χ4n) is 0.722. The Hall–Kier alpha value is -0.980. The van der Waals surface area contributed by atoms with Crippen molar-refractivity contribution in [3.8, 4) is 0 Å². The van der Waals surface area contributed by atoms with Gasteiger partial charge in [0.05, 0.1) is 6.26 Å². The first kappa shape index (κ1) is 3.08. The van der Waals surface area contributed by atoms with Crippen LogP contribution in [0.25, 0.3) is 12.2 Å². The van der Waals surface area contributed by atoms with Crippen molar-refractivity contribution in [1.29, 1.82) is 0 Å². The molecule has 0 radical (unpaired) electrons. The standard InChI is InChI=1S/C6H4O/c1-2-6-3-5(1)4-7-6/h1-4H. The second-order valence-corrected chi connectivity index (χ2v) is 1.62. The van der Waals surface area contributed by atoms with Gasteiger partial charge in [-0.3, -0.25) is 0 Å². The van der Waals surface area contributed by atoms with E-state index >= 15 is 0 Å². The molecule has 0 atom stereocenters. The summed E-state index contributed by atoms with van der Waals surface area (Å²) >= 11 is 0. The molecule has 1 heterocycles. The summed E-state index contributed by atoms with van der Waals surface area (Å²) in [7, 11) is 0. The molecule has 1 aromatic rings. The summed E-state index contributed by atoms with van der Waals surface area (Å²) in [6, 6.07) is 2.00. The van der Waals surface area contributed by atoms with Crippen molar-refractivity contribution in [2.45, 2.75) is 0 Å². The highest BCUT2D eigenvalue weighted by molar-refractivity contribution is 5.74. The minimum atomic E-state index is 0.968. The molecule has 34 valence electrons. The van der Waals surface area contributed by atoms with Gasteiger partial charge in [0.2, 0.25) is 0 Å². The minimum absolute atomic E-state index is 0.968. The molecule has 1 nitrogen and oxygen atoms in total. The molecule has 0 saturated carbocycles. The summed E-state index contributed by atoms with van der Waals surface area (Å²) < 4.78 is 4.96. The van der Waals surface area contributed by atoms with Crippen LogP contribution in [0.3, 0.4) is 0 Å². The van der Waals surface area contributed by atoms with E-state index in [1.807, 2.05) is 18.2 Å². The third-order valence-corrected chi connectivity index (χ3v) is 1.08. The van der Waals surface area contributed by atoms with E-state index in [4.69, 9.17) is 4.42 Å². The summed E-state index contributed by atoms with van der Waals surface area (Å²) in [4.78, 5) is 0. The summed E-state index contributed by atoms with van der Waals surface area (Å²) in [5.41, 5.74) is 1.18. The molecule has 1 aliphatic carbocycles. The molecule has 1 heteroatoms. The SMILES string of the molecule is C1=Cc2cc1co2. The molecule has 0 aromatic carbocycles. The minimum Gasteiger partial charge on any atom is -0.464 e. The molecule has 2 bridgehead atoms. The highest BCUT2D eigenvalue weighted by Gasteiger charge is 2.00. The van der Waals surface area contributed by atoms with Crippen LogP contribution in [-0.2, 0) is 0 Å². The highest BCUT2D eigenvalue weighted by Crippen LogP contribution is 2.18. The van der Waals surface area contributed by atoms with E-state index < -0.39 is 0 Å². The number of furan rings is 1. The summed E-state index contributed by atoms with van der Waals surface area (Å²) in [6.07, 6.45) is 5.73. The van der Waals surface area contributed by atoms with Crippen molar-refractivity contribution in [3.63, 3.8) is 0 Å². The first-order chi connectivity index (χ1) is 3.45. The maximum absolute atomic E-state index is 4.96. The molecule has 1 aromatic heterocycles. The predicted molar refractivity (Wildman–Crippen MR) is 27.6 cm³/mol. The molecular formula is C6H4O. The summed E-state index contributed by atoms with van der Waals surface area (Å²) in [6.45, 7) is 0. The first-order valence-electron chi connectivity index (χ1n) is 2.22. The van der Waals surface area contributed by atoms with Gasteiger partial charge in [0.25, 0.3) is 0 Å². The Balaban J connectivity index is 2.89. The quantitative estimate of drug-likeness (QED) is 0.482. The van der Waals surface area contributed by atoms with Gasteiger partial charge in [0.1, 0.15) is 5.76 Å². The largest absolute Gasteiger partial charge is 0.464 e. The molecule has 0 saturated heterocycles. The van der Waals surface area contributed by atoms with Gasteiger partial charge < -0.3 is 4.42 Å². The van der Waals surface area contributed by atoms with Crippen molar-refractivity contribution in [2.24, 2.45) is 0 Å². The zero-order chi connectivity index (χ0) is 4.69. The van der Waals surface area contributed by atoms with Crippen molar-refractivity contribution in [1.82, 2.24) is 0 Å². The van der Waals surface area contributed by atoms with Crippen molar-refractivity contribution >= 4 is 12.2 Å². The lowest BCUT2D eigenvalue weighted by Gasteiger charge is -1.78. The zero-order valence-corrected chi connectivity index (χ0v) is 3.72. The number of rotatable bonds is 0. The van der Waals surface area contributed by atoms with Crippen LogP contribution in [0.1, 0.15) is 11.3 Å². The topological polar surface area (TPSA) is 13.1 Å². The van der Waals surface area contributed by atoms with E-state index in [0.29, 0.717) is 0 Å². The Morgan fingerprint density at radius 1 is 1.29 bits per heavy atom. The molecule has 1 aliphatic rings. The van der Waals surface area contributed by atoms with E-state index in [1.165, 1.54) is 5.56 Å². The van der Waals surface area contributed by atoms with Gasteiger partial charge in [-0.15, -0.1) is 0 Å². The molecule has 7 heavy (non-hydrogen) atoms. The number of hydrogen-bond acceptors (Lipinski definition) is 1. The smallest absolute Gasteiger partial charge is 0.127 e. The van der Waals surface area contributed by atoms with Crippen LogP contribution in [0.4, 0.5) is 0 Å². The first-order valence-corrected chi connectivity index (χ1v) is 2.22. The van der Waals surface area contributed by atoms with E-state index in [1.54, 1.807) is 6.26 Å². The zero-order valence-electron chi connectivity index (χ0n) is 3.72. The lowest BCUT2D eigenvalue weighted by molar-refractivity contribution is 0.555. The fraction of sp³-hybridized carbons (Fsp3) is 0. The molecule has 0 unspecified atom stereocenters. The predicted octanol–water partition coefficient (Wildman–Crippen LogP) is 1.76. The highest BCUT2D eigenvalue weighted by atomic mass is 16.3. The average Bonchev–Trinajstić information content (AvgIpc) is 2.22. The van der Waals surface area contributed by atoms with Crippen LogP contribution in [0.15, 0.2) is 16.7 Å². The summed E-state index contributed by atoms with van der Waals surface area (Å²) in [5.74, 6) is 0.968. The van der Waals surface area contributed by atoms with Gasteiger partial charge in [-0.2, -0.15) is 0 Å². The molecule has 0 aliphatic heterocycles. The molecule has 0 fully saturated rings. The van der Waals surface area contributed by atoms with E-state index in [9.17, 15) is 0 Å². The van der Waals surface area contributed by atoms with Gasteiger partial charge in [-0.25, -0.2) is 0 Å². The Morgan fingerprint density at radius 3 is 2.43 bits per heavy atom. The van der Waals surface area contributed by atoms with E-state index in [-0.39, 0.29) is 0 Å². The van der Waals surface area contributed by atoms with E-state index in [0.717, 1.165) is 5.76 Å². The van der Waals surface area contributed by atoms with E-state index in [2.05, 4.69) is 0 Å². The second-order valence-electron chi connectivity index (χ2n) is 1.62. The Labute approximate surface area is 41.3 Å². The van der Waals surface area contributed by atoms with Gasteiger partial charge in [0, 0.05) is 5.56 Å². The van der Waals surface area contributed by atoms with Gasteiger partial charge in [0.15, 0.2) is 0 Å². The molecular weight excluding hydrogens is 88.1 g/mol. The molecule has 0 N–H and O–H groups in total.